The summed E-state index contributed by atoms with van der Waals surface area (Å²) < 4.78 is 22.7. The predicted molar refractivity (Wildman–Crippen MR) is 82.4 cm³/mol. The number of aryl methyl sites for hydroxylation is 1. The van der Waals surface area contributed by atoms with Gasteiger partial charge < -0.3 is 10.4 Å². The molecular formula is C15H19NO5S. The van der Waals surface area contributed by atoms with E-state index in [4.69, 9.17) is 5.11 Å². The highest BCUT2D eigenvalue weighted by atomic mass is 32.2. The maximum Gasteiger partial charge on any atom is 0.303 e. The quantitative estimate of drug-likeness (QED) is 0.854. The van der Waals surface area contributed by atoms with E-state index in [0.29, 0.717) is 24.9 Å². The molecule has 0 unspecified atom stereocenters. The molecule has 0 radical (unpaired) electrons. The third-order valence-electron chi connectivity index (χ3n) is 3.75. The Morgan fingerprint density at radius 3 is 2.55 bits per heavy atom. The summed E-state index contributed by atoms with van der Waals surface area (Å²) in [6.45, 7) is 0. The van der Waals surface area contributed by atoms with E-state index in [9.17, 15) is 18.0 Å². The molecule has 1 heterocycles. The molecule has 120 valence electrons. The van der Waals surface area contributed by atoms with Crippen LogP contribution in [0, 0.1) is 5.92 Å². The molecule has 1 aromatic carbocycles. The average Bonchev–Trinajstić information content (AvgIpc) is 2.45. The molecule has 1 aliphatic rings. The lowest BCUT2D eigenvalue weighted by molar-refractivity contribution is -0.137. The first kappa shape index (κ1) is 16.5. The zero-order valence-corrected chi connectivity index (χ0v) is 12.9. The van der Waals surface area contributed by atoms with Crippen LogP contribution in [0.2, 0.25) is 0 Å². The van der Waals surface area contributed by atoms with Crippen molar-refractivity contribution in [1.82, 2.24) is 0 Å². The molecule has 1 saturated heterocycles. The van der Waals surface area contributed by atoms with Crippen molar-refractivity contribution in [2.24, 2.45) is 5.92 Å². The number of hydrogen-bond donors (Lipinski definition) is 2. The number of amides is 1. The third kappa shape index (κ3) is 4.84. The normalized spacial score (nSPS) is 17.8. The van der Waals surface area contributed by atoms with Crippen LogP contribution in [0.25, 0.3) is 0 Å². The van der Waals surface area contributed by atoms with E-state index in [1.165, 1.54) is 0 Å². The molecule has 0 bridgehead atoms. The van der Waals surface area contributed by atoms with Crippen molar-refractivity contribution < 1.29 is 23.1 Å². The first-order chi connectivity index (χ1) is 10.4. The van der Waals surface area contributed by atoms with Crippen molar-refractivity contribution in [3.05, 3.63) is 29.8 Å². The SMILES string of the molecule is O=C(O)CCc1cccc(NC(=O)C2CCS(=O)(=O)CC2)c1. The molecule has 0 aromatic heterocycles. The number of rotatable bonds is 5. The smallest absolute Gasteiger partial charge is 0.303 e. The summed E-state index contributed by atoms with van der Waals surface area (Å²) in [5.41, 5.74) is 1.45. The number of carboxylic acid groups (broad SMARTS) is 1. The average molecular weight is 325 g/mol. The summed E-state index contributed by atoms with van der Waals surface area (Å²) in [7, 11) is -2.98. The zero-order chi connectivity index (χ0) is 16.2. The number of anilines is 1. The lowest BCUT2D eigenvalue weighted by Gasteiger charge is -2.21. The van der Waals surface area contributed by atoms with Gasteiger partial charge >= 0.3 is 5.97 Å². The highest BCUT2D eigenvalue weighted by Gasteiger charge is 2.28. The van der Waals surface area contributed by atoms with Gasteiger partial charge in [0, 0.05) is 18.0 Å². The van der Waals surface area contributed by atoms with Gasteiger partial charge in [0.05, 0.1) is 11.5 Å². The van der Waals surface area contributed by atoms with Crippen LogP contribution in [-0.2, 0) is 25.8 Å². The number of aliphatic carboxylic acids is 1. The topological polar surface area (TPSA) is 101 Å². The van der Waals surface area contributed by atoms with Gasteiger partial charge in [-0.05, 0) is 37.0 Å². The summed E-state index contributed by atoms with van der Waals surface area (Å²) in [6.07, 6.45) is 1.15. The molecule has 22 heavy (non-hydrogen) atoms. The van der Waals surface area contributed by atoms with Gasteiger partial charge in [-0.2, -0.15) is 0 Å². The number of sulfone groups is 1. The van der Waals surface area contributed by atoms with E-state index >= 15 is 0 Å². The first-order valence-electron chi connectivity index (χ1n) is 7.18. The number of nitrogens with one attached hydrogen (secondary N) is 1. The monoisotopic (exact) mass is 325 g/mol. The minimum atomic E-state index is -2.98. The van der Waals surface area contributed by atoms with Gasteiger partial charge in [-0.1, -0.05) is 12.1 Å². The molecule has 2 rings (SSSR count). The Balaban J connectivity index is 1.94. The number of carboxylic acids is 1. The Hall–Kier alpha value is -1.89. The van der Waals surface area contributed by atoms with E-state index in [1.54, 1.807) is 18.2 Å². The van der Waals surface area contributed by atoms with E-state index in [2.05, 4.69) is 5.32 Å². The van der Waals surface area contributed by atoms with Crippen LogP contribution in [0.1, 0.15) is 24.8 Å². The van der Waals surface area contributed by atoms with Gasteiger partial charge in [0.1, 0.15) is 9.84 Å². The Morgan fingerprint density at radius 1 is 1.23 bits per heavy atom. The molecule has 0 aliphatic carbocycles. The van der Waals surface area contributed by atoms with Crippen LogP contribution < -0.4 is 5.32 Å². The number of carbonyl (C=O) groups excluding carboxylic acids is 1. The molecule has 7 heteroatoms. The summed E-state index contributed by atoms with van der Waals surface area (Å²) in [5, 5.41) is 11.5. The molecule has 0 saturated carbocycles. The molecule has 0 spiro atoms. The minimum absolute atomic E-state index is 0.0396. The van der Waals surface area contributed by atoms with Crippen molar-refractivity contribution in [3.63, 3.8) is 0 Å². The summed E-state index contributed by atoms with van der Waals surface area (Å²) in [4.78, 5) is 22.7. The van der Waals surface area contributed by atoms with E-state index < -0.39 is 15.8 Å². The Morgan fingerprint density at radius 2 is 1.91 bits per heavy atom. The maximum absolute atomic E-state index is 12.2. The van der Waals surface area contributed by atoms with Gasteiger partial charge in [0.2, 0.25) is 5.91 Å². The highest BCUT2D eigenvalue weighted by molar-refractivity contribution is 7.91. The largest absolute Gasteiger partial charge is 0.481 e. The third-order valence-corrected chi connectivity index (χ3v) is 5.46. The fourth-order valence-electron chi connectivity index (χ4n) is 2.45. The summed E-state index contributed by atoms with van der Waals surface area (Å²) in [6, 6.07) is 7.06. The molecule has 1 aromatic rings. The lowest BCUT2D eigenvalue weighted by Crippen LogP contribution is -2.31. The molecule has 1 fully saturated rings. The van der Waals surface area contributed by atoms with E-state index in [1.807, 2.05) is 6.07 Å². The Labute approximate surface area is 129 Å². The predicted octanol–water partition coefficient (Wildman–Crippen LogP) is 1.47. The van der Waals surface area contributed by atoms with Gasteiger partial charge in [0.15, 0.2) is 0 Å². The number of carbonyl (C=O) groups is 2. The minimum Gasteiger partial charge on any atom is -0.481 e. The van der Waals surface area contributed by atoms with Crippen LogP contribution in [0.5, 0.6) is 0 Å². The summed E-state index contributed by atoms with van der Waals surface area (Å²) in [5.74, 6) is -1.21. The Kier molecular flexibility index (Phi) is 5.18. The second-order valence-corrected chi connectivity index (χ2v) is 7.81. The second-order valence-electron chi connectivity index (χ2n) is 5.51. The zero-order valence-electron chi connectivity index (χ0n) is 12.1. The van der Waals surface area contributed by atoms with Gasteiger partial charge in [0.25, 0.3) is 0 Å². The van der Waals surface area contributed by atoms with Crippen molar-refractivity contribution >= 4 is 27.4 Å². The van der Waals surface area contributed by atoms with Crippen molar-refractivity contribution in [3.8, 4) is 0 Å². The van der Waals surface area contributed by atoms with Crippen LogP contribution in [-0.4, -0.2) is 36.9 Å². The maximum atomic E-state index is 12.2. The number of hydrogen-bond acceptors (Lipinski definition) is 4. The van der Waals surface area contributed by atoms with Crippen LogP contribution in [0.4, 0.5) is 5.69 Å². The molecule has 6 nitrogen and oxygen atoms in total. The second kappa shape index (κ2) is 6.91. The van der Waals surface area contributed by atoms with Crippen LogP contribution in [0.3, 0.4) is 0 Å². The van der Waals surface area contributed by atoms with E-state index in [0.717, 1.165) is 5.56 Å². The molecule has 0 atom stereocenters. The lowest BCUT2D eigenvalue weighted by atomic mass is 10.0. The summed E-state index contributed by atoms with van der Waals surface area (Å²) >= 11 is 0. The van der Waals surface area contributed by atoms with Crippen LogP contribution >= 0.6 is 0 Å². The first-order valence-corrected chi connectivity index (χ1v) is 9.00. The van der Waals surface area contributed by atoms with Crippen molar-refractivity contribution in [1.29, 1.82) is 0 Å². The van der Waals surface area contributed by atoms with Crippen molar-refractivity contribution in [2.75, 3.05) is 16.8 Å². The highest BCUT2D eigenvalue weighted by Crippen LogP contribution is 2.21. The molecule has 1 amide bonds. The Bertz CT molecular complexity index is 654. The molecule has 1 aliphatic heterocycles. The molecule has 2 N–H and O–H groups in total. The van der Waals surface area contributed by atoms with Crippen molar-refractivity contribution in [2.45, 2.75) is 25.7 Å². The van der Waals surface area contributed by atoms with Gasteiger partial charge in [-0.25, -0.2) is 8.42 Å². The fraction of sp³-hybridized carbons (Fsp3) is 0.467. The number of benzene rings is 1. The fourth-order valence-corrected chi connectivity index (χ4v) is 3.94. The van der Waals surface area contributed by atoms with E-state index in [-0.39, 0.29) is 29.8 Å². The van der Waals surface area contributed by atoms with Gasteiger partial charge in [-0.3, -0.25) is 9.59 Å². The van der Waals surface area contributed by atoms with Crippen LogP contribution in [0.15, 0.2) is 24.3 Å². The molecular weight excluding hydrogens is 306 g/mol. The van der Waals surface area contributed by atoms with Gasteiger partial charge in [-0.15, -0.1) is 0 Å². The standard InChI is InChI=1S/C15H19NO5S/c17-14(18)5-4-11-2-1-3-13(10-11)16-15(19)12-6-8-22(20,21)9-7-12/h1-3,10,12H,4-9H2,(H,16,19)(H,17,18).